The Morgan fingerprint density at radius 1 is 1.00 bits per heavy atom. The fourth-order valence-electron chi connectivity index (χ4n) is 4.64. The van der Waals surface area contributed by atoms with Crippen LogP contribution in [0.1, 0.15) is 47.5 Å². The molecule has 0 aromatic rings. The van der Waals surface area contributed by atoms with Crippen LogP contribution >= 0.6 is 0 Å². The van der Waals surface area contributed by atoms with Crippen molar-refractivity contribution in [2.24, 2.45) is 29.1 Å². The molecule has 0 amide bonds. The summed E-state index contributed by atoms with van der Waals surface area (Å²) >= 11 is 0. The minimum atomic E-state index is 0.422. The van der Waals surface area contributed by atoms with Gasteiger partial charge in [0, 0.05) is 12.5 Å². The molecule has 0 spiro atoms. The molecular weight excluding hydrogens is 224 g/mol. The van der Waals surface area contributed by atoms with E-state index in [1.165, 1.54) is 12.8 Å². The van der Waals surface area contributed by atoms with E-state index < -0.39 is 0 Å². The molecule has 1 saturated carbocycles. The zero-order valence-corrected chi connectivity index (χ0v) is 12.5. The first kappa shape index (κ1) is 12.9. The molecular formula is C16H28O2. The predicted molar refractivity (Wildman–Crippen MR) is 72.4 cm³/mol. The van der Waals surface area contributed by atoms with Gasteiger partial charge in [-0.05, 0) is 42.9 Å². The molecule has 0 bridgehead atoms. The monoisotopic (exact) mass is 252 g/mol. The van der Waals surface area contributed by atoms with Gasteiger partial charge in [-0.2, -0.15) is 0 Å². The van der Waals surface area contributed by atoms with E-state index >= 15 is 0 Å². The molecule has 3 aliphatic rings. The third-order valence-electron chi connectivity index (χ3n) is 6.23. The Hall–Kier alpha value is -0.0800. The van der Waals surface area contributed by atoms with Crippen LogP contribution in [0.5, 0.6) is 0 Å². The second-order valence-corrected chi connectivity index (χ2v) is 7.60. The smallest absolute Gasteiger partial charge is 0.0660 e. The van der Waals surface area contributed by atoms with Gasteiger partial charge in [0.25, 0.3) is 0 Å². The van der Waals surface area contributed by atoms with Gasteiger partial charge in [0.2, 0.25) is 0 Å². The first-order valence-electron chi connectivity index (χ1n) is 7.69. The lowest BCUT2D eigenvalue weighted by atomic mass is 9.59. The van der Waals surface area contributed by atoms with Crippen LogP contribution in [0.2, 0.25) is 0 Å². The Balaban J connectivity index is 1.88. The van der Waals surface area contributed by atoms with Gasteiger partial charge in [-0.25, -0.2) is 0 Å². The first-order chi connectivity index (χ1) is 8.42. The molecule has 2 aliphatic heterocycles. The van der Waals surface area contributed by atoms with Crippen LogP contribution in [-0.4, -0.2) is 24.9 Å². The Morgan fingerprint density at radius 3 is 2.44 bits per heavy atom. The topological polar surface area (TPSA) is 18.5 Å². The number of fused-ring (bicyclic) bond motifs is 2. The van der Waals surface area contributed by atoms with Crippen molar-refractivity contribution in [3.63, 3.8) is 0 Å². The summed E-state index contributed by atoms with van der Waals surface area (Å²) in [5, 5.41) is 0. The largest absolute Gasteiger partial charge is 0.378 e. The van der Waals surface area contributed by atoms with Crippen LogP contribution in [-0.2, 0) is 9.47 Å². The summed E-state index contributed by atoms with van der Waals surface area (Å²) < 4.78 is 12.4. The molecule has 0 aromatic carbocycles. The second-order valence-electron chi connectivity index (χ2n) is 7.60. The summed E-state index contributed by atoms with van der Waals surface area (Å²) in [6.45, 7) is 12.8. The standard InChI is InChI=1S/C16H28O2/c1-9-11(3)18-14-10(2)15-13(8-12(9)14)16(4,5)6-7-17-15/h9-15H,6-8H2,1-5H3/t9?,10-,11?,12?,13?,14?,15?/m1/s1. The molecule has 6 unspecified atom stereocenters. The van der Waals surface area contributed by atoms with Crippen molar-refractivity contribution in [3.8, 4) is 0 Å². The molecule has 104 valence electrons. The van der Waals surface area contributed by atoms with Gasteiger partial charge < -0.3 is 9.47 Å². The molecule has 0 N–H and O–H groups in total. The Labute approximate surface area is 111 Å². The maximum absolute atomic E-state index is 6.23. The summed E-state index contributed by atoms with van der Waals surface area (Å²) in [7, 11) is 0. The number of rotatable bonds is 0. The molecule has 3 fully saturated rings. The third-order valence-corrected chi connectivity index (χ3v) is 6.23. The first-order valence-corrected chi connectivity index (χ1v) is 7.69. The van der Waals surface area contributed by atoms with Crippen molar-refractivity contribution in [2.75, 3.05) is 6.61 Å². The normalized spacial score (nSPS) is 54.8. The Morgan fingerprint density at radius 2 is 1.72 bits per heavy atom. The second kappa shape index (κ2) is 4.21. The zero-order valence-electron chi connectivity index (χ0n) is 12.5. The Bertz CT molecular complexity index is 325. The molecule has 2 nitrogen and oxygen atoms in total. The highest BCUT2D eigenvalue weighted by Gasteiger charge is 2.55. The van der Waals surface area contributed by atoms with Gasteiger partial charge in [0.15, 0.2) is 0 Å². The van der Waals surface area contributed by atoms with E-state index in [-0.39, 0.29) is 0 Å². The van der Waals surface area contributed by atoms with E-state index in [1.807, 2.05) is 0 Å². The molecule has 2 heterocycles. The molecule has 0 aromatic heterocycles. The summed E-state index contributed by atoms with van der Waals surface area (Å²) in [6, 6.07) is 0. The summed E-state index contributed by atoms with van der Waals surface area (Å²) in [4.78, 5) is 0. The summed E-state index contributed by atoms with van der Waals surface area (Å²) in [5.74, 6) is 2.73. The van der Waals surface area contributed by atoms with Crippen LogP contribution in [0.3, 0.4) is 0 Å². The summed E-state index contributed by atoms with van der Waals surface area (Å²) in [6.07, 6.45) is 3.80. The molecule has 0 radical (unpaired) electrons. The van der Waals surface area contributed by atoms with Crippen molar-refractivity contribution in [1.29, 1.82) is 0 Å². The van der Waals surface area contributed by atoms with Crippen molar-refractivity contribution in [3.05, 3.63) is 0 Å². The molecule has 2 heteroatoms. The maximum Gasteiger partial charge on any atom is 0.0660 e. The van der Waals surface area contributed by atoms with E-state index in [9.17, 15) is 0 Å². The fourth-order valence-corrected chi connectivity index (χ4v) is 4.64. The van der Waals surface area contributed by atoms with Crippen molar-refractivity contribution >= 4 is 0 Å². The van der Waals surface area contributed by atoms with Crippen LogP contribution < -0.4 is 0 Å². The predicted octanol–water partition coefficient (Wildman–Crippen LogP) is 3.50. The highest BCUT2D eigenvalue weighted by molar-refractivity contribution is 5.03. The number of ether oxygens (including phenoxy) is 2. The minimum Gasteiger partial charge on any atom is -0.378 e. The number of hydrogen-bond acceptors (Lipinski definition) is 2. The van der Waals surface area contributed by atoms with E-state index in [0.29, 0.717) is 35.6 Å². The fraction of sp³-hybridized carbons (Fsp3) is 1.00. The third kappa shape index (κ3) is 1.76. The van der Waals surface area contributed by atoms with Gasteiger partial charge in [-0.3, -0.25) is 0 Å². The average Bonchev–Trinajstić information content (AvgIpc) is 2.58. The SMILES string of the molecule is CC1OC2C(CC3C(OCCC3(C)C)[C@@H]2C)C1C. The lowest BCUT2D eigenvalue weighted by molar-refractivity contribution is -0.171. The highest BCUT2D eigenvalue weighted by atomic mass is 16.5. The number of hydrogen-bond donors (Lipinski definition) is 0. The van der Waals surface area contributed by atoms with Crippen LogP contribution in [0.4, 0.5) is 0 Å². The van der Waals surface area contributed by atoms with E-state index in [1.54, 1.807) is 0 Å². The van der Waals surface area contributed by atoms with E-state index in [4.69, 9.17) is 9.47 Å². The van der Waals surface area contributed by atoms with Gasteiger partial charge in [0.1, 0.15) is 0 Å². The van der Waals surface area contributed by atoms with E-state index in [0.717, 1.165) is 18.4 Å². The quantitative estimate of drug-likeness (QED) is 0.657. The summed E-state index contributed by atoms with van der Waals surface area (Å²) in [5.41, 5.74) is 0.438. The molecule has 18 heavy (non-hydrogen) atoms. The molecule has 1 aliphatic carbocycles. The lowest BCUT2D eigenvalue weighted by Crippen LogP contribution is -2.54. The van der Waals surface area contributed by atoms with Gasteiger partial charge >= 0.3 is 0 Å². The van der Waals surface area contributed by atoms with Crippen molar-refractivity contribution < 1.29 is 9.47 Å². The van der Waals surface area contributed by atoms with Crippen molar-refractivity contribution in [2.45, 2.75) is 65.8 Å². The van der Waals surface area contributed by atoms with Crippen LogP contribution in [0.25, 0.3) is 0 Å². The van der Waals surface area contributed by atoms with Crippen LogP contribution in [0, 0.1) is 29.1 Å². The van der Waals surface area contributed by atoms with Gasteiger partial charge in [-0.1, -0.05) is 27.7 Å². The van der Waals surface area contributed by atoms with E-state index in [2.05, 4.69) is 34.6 Å². The highest BCUT2D eigenvalue weighted by Crippen LogP contribution is 2.53. The Kier molecular flexibility index (Phi) is 3.02. The van der Waals surface area contributed by atoms with Gasteiger partial charge in [0.05, 0.1) is 18.3 Å². The minimum absolute atomic E-state index is 0.422. The molecule has 2 saturated heterocycles. The lowest BCUT2D eigenvalue weighted by Gasteiger charge is -2.52. The maximum atomic E-state index is 6.23. The molecule has 7 atom stereocenters. The van der Waals surface area contributed by atoms with Crippen LogP contribution in [0.15, 0.2) is 0 Å². The zero-order chi connectivity index (χ0) is 13.1. The molecule has 3 rings (SSSR count). The van der Waals surface area contributed by atoms with Crippen molar-refractivity contribution in [1.82, 2.24) is 0 Å². The van der Waals surface area contributed by atoms with Gasteiger partial charge in [-0.15, -0.1) is 0 Å². The average molecular weight is 252 g/mol.